The van der Waals surface area contributed by atoms with Crippen molar-refractivity contribution in [2.45, 2.75) is 453 Å². The smallest absolute Gasteiger partial charge is 0.225 e. The van der Waals surface area contributed by atoms with Crippen LogP contribution in [0.1, 0.15) is 453 Å². The number of hydrogen-bond acceptors (Lipinski definition) is 10. The Morgan fingerprint density at radius 1 is 0.403 bits per heavy atom. The van der Waals surface area contributed by atoms with Gasteiger partial charge >= 0.3 is 0 Å². The highest BCUT2D eigenvalue weighted by molar-refractivity contribution is 8.00. The highest BCUT2D eigenvalue weighted by atomic mass is 32.2. The van der Waals surface area contributed by atoms with Gasteiger partial charge in [0.05, 0.1) is 18.6 Å². The second-order valence-electron chi connectivity index (χ2n) is 56.2. The minimum absolute atomic E-state index is 0. The van der Waals surface area contributed by atoms with Gasteiger partial charge in [0.25, 0.3) is 0 Å². The van der Waals surface area contributed by atoms with Gasteiger partial charge in [-0.15, -0.1) is 0 Å². The van der Waals surface area contributed by atoms with E-state index in [1.807, 2.05) is 19.2 Å². The molecule has 0 bridgehead atoms. The SMILES string of the molecule is C.C=C(C)N1CCN(C(=O)C2CCC(C(C)C)(C(C)(C)C)CC2)CC1.C=S1(=O)CCC(CNC(=O)C2CCC(C(C)C)(C(C)(C)C)CC2)CC1.CC(C)C1(C(C)(C)C)CCC(C(=O)NC2(c3ccccc3)CC2)CC1.CC(C)C1(C(C)(C)C)CCC(C(=O)NCC2=CCN=C2)CC1.CC(C)C1(C(C)(C)C)CCC(C(=O)NCC2CCCCC2)CC1.CC1=NCC(C)=C1CNC(=O)C1CCC(C(C)C)(C(C)(C)C)CC1. The van der Waals surface area contributed by atoms with E-state index in [2.05, 4.69) is 311 Å². The van der Waals surface area contributed by atoms with Crippen LogP contribution in [0.4, 0.5) is 0 Å². The fourth-order valence-electron chi connectivity index (χ4n) is 30.4. The van der Waals surface area contributed by atoms with E-state index >= 15 is 0 Å². The van der Waals surface area contributed by atoms with Crippen molar-refractivity contribution in [2.24, 2.45) is 158 Å². The van der Waals surface area contributed by atoms with Crippen molar-refractivity contribution in [3.05, 3.63) is 71.0 Å². The Balaban J connectivity index is 0.000000234. The average molecular weight is 2020 g/mol. The lowest BCUT2D eigenvalue weighted by Crippen LogP contribution is -2.51. The van der Waals surface area contributed by atoms with Crippen molar-refractivity contribution in [3.63, 3.8) is 0 Å². The minimum Gasteiger partial charge on any atom is -0.372 e. The molecule has 17 heteroatoms. The lowest BCUT2D eigenvalue weighted by Gasteiger charge is -2.52. The number of nitrogens with one attached hydrogen (secondary N) is 5. The van der Waals surface area contributed by atoms with Gasteiger partial charge in [0.1, 0.15) is 0 Å². The monoisotopic (exact) mass is 2020 g/mol. The van der Waals surface area contributed by atoms with Gasteiger partial charge < -0.3 is 36.4 Å². The van der Waals surface area contributed by atoms with Crippen LogP contribution in [-0.2, 0) is 43.8 Å². The summed E-state index contributed by atoms with van der Waals surface area (Å²) in [5.74, 6) is 13.4. The number of benzene rings is 1. The minimum atomic E-state index is -1.82. The summed E-state index contributed by atoms with van der Waals surface area (Å²) in [6.45, 7) is 89.3. The maximum atomic E-state index is 12.9. The summed E-state index contributed by atoms with van der Waals surface area (Å²) in [5.41, 5.74) is 11.1. The number of allylic oxidation sites excluding steroid dienone is 1. The predicted molar refractivity (Wildman–Crippen MR) is 616 cm³/mol. The lowest BCUT2D eigenvalue weighted by molar-refractivity contribution is -0.141. The van der Waals surface area contributed by atoms with Crippen molar-refractivity contribution in [1.29, 1.82) is 0 Å². The lowest BCUT2D eigenvalue weighted by atomic mass is 9.53. The van der Waals surface area contributed by atoms with Crippen molar-refractivity contribution in [2.75, 3.05) is 77.0 Å². The van der Waals surface area contributed by atoms with Gasteiger partial charge in [-0.3, -0.25) is 43.0 Å². The maximum absolute atomic E-state index is 12.9. The molecule has 0 spiro atoms. The first-order valence-electron chi connectivity index (χ1n) is 58.2. The van der Waals surface area contributed by atoms with Crippen molar-refractivity contribution in [1.82, 2.24) is 36.4 Å². The summed E-state index contributed by atoms with van der Waals surface area (Å²) in [5, 5.41) is 16.1. The molecule has 4 heterocycles. The van der Waals surface area contributed by atoms with Crippen LogP contribution in [0, 0.1) is 148 Å². The normalized spacial score (nSPS) is 30.2. The van der Waals surface area contributed by atoms with E-state index in [9.17, 15) is 33.0 Å². The fraction of sp³-hybridized carbons (Fsp3) is 0.835. The molecular weight excluding hydrogens is 1800 g/mol. The van der Waals surface area contributed by atoms with Crippen LogP contribution in [0.2, 0.25) is 0 Å². The number of amides is 6. The summed E-state index contributed by atoms with van der Waals surface area (Å²) in [6.07, 6.45) is 41.2. The summed E-state index contributed by atoms with van der Waals surface area (Å²) >= 11 is 0. The third-order valence-electron chi connectivity index (χ3n) is 41.4. The van der Waals surface area contributed by atoms with Gasteiger partial charge in [0.15, 0.2) is 0 Å². The van der Waals surface area contributed by atoms with Crippen LogP contribution < -0.4 is 26.6 Å². The van der Waals surface area contributed by atoms with Crippen LogP contribution in [0.15, 0.2) is 75.4 Å². The summed E-state index contributed by atoms with van der Waals surface area (Å²) in [6, 6.07) is 10.5. The van der Waals surface area contributed by atoms with Gasteiger partial charge in [-0.2, -0.15) is 0 Å². The van der Waals surface area contributed by atoms with Gasteiger partial charge in [0.2, 0.25) is 35.4 Å². The molecule has 0 atom stereocenters. The highest BCUT2D eigenvalue weighted by Crippen LogP contribution is 2.62. The van der Waals surface area contributed by atoms with Crippen LogP contribution in [0.5, 0.6) is 0 Å². The Kier molecular flexibility index (Phi) is 45.4. The maximum Gasteiger partial charge on any atom is 0.225 e. The number of carbonyl (C=O) groups excluding carboxylic acids is 6. The molecule has 0 unspecified atom stereocenters. The van der Waals surface area contributed by atoms with Crippen LogP contribution in [-0.4, -0.2) is 144 Å². The number of aliphatic imine (C=N–C) groups is 2. The predicted octanol–water partition coefficient (Wildman–Crippen LogP) is 29.3. The number of rotatable bonds is 23. The van der Waals surface area contributed by atoms with Gasteiger partial charge in [-0.05, 0) is 363 Å². The second-order valence-corrected chi connectivity index (χ2v) is 58.9. The Labute approximate surface area is 885 Å². The summed E-state index contributed by atoms with van der Waals surface area (Å²) in [4.78, 5) is 89.1. The van der Waals surface area contributed by atoms with Crippen molar-refractivity contribution >= 4 is 62.8 Å². The summed E-state index contributed by atoms with van der Waals surface area (Å²) < 4.78 is 11.9. The molecule has 144 heavy (non-hydrogen) atoms. The van der Waals surface area contributed by atoms with Crippen molar-refractivity contribution in [3.8, 4) is 0 Å². The molecule has 0 aromatic heterocycles. The first-order chi connectivity index (χ1) is 66.4. The molecule has 6 amide bonds. The second kappa shape index (κ2) is 52.2. The molecule has 824 valence electrons. The zero-order valence-corrected chi connectivity index (χ0v) is 99.2. The van der Waals surface area contributed by atoms with Crippen LogP contribution in [0.3, 0.4) is 0 Å². The first-order valence-corrected chi connectivity index (χ1v) is 60.3. The summed E-state index contributed by atoms with van der Waals surface area (Å²) in [7, 11) is -1.82. The molecule has 8 aliphatic carbocycles. The number of hydrogen-bond donors (Lipinski definition) is 5. The zero-order chi connectivity index (χ0) is 107. The van der Waals surface area contributed by atoms with E-state index in [0.717, 1.165) is 228 Å². The Morgan fingerprint density at radius 2 is 0.701 bits per heavy atom. The zero-order valence-electron chi connectivity index (χ0n) is 98.4. The Hall–Kier alpha value is -5.58. The first kappa shape index (κ1) is 125. The molecule has 13 rings (SSSR count). The molecule has 12 aliphatic rings. The average Bonchev–Trinajstić information content (AvgIpc) is 1.63. The van der Waals surface area contributed by atoms with E-state index < -0.39 is 9.52 Å². The van der Waals surface area contributed by atoms with Gasteiger partial charge in [-0.25, -0.2) is 0 Å². The third-order valence-corrected chi connectivity index (χ3v) is 43.4. The van der Waals surface area contributed by atoms with Gasteiger partial charge in [0, 0.05) is 117 Å². The molecule has 8 saturated carbocycles. The van der Waals surface area contributed by atoms with Crippen LogP contribution in [0.25, 0.3) is 0 Å². The quantitative estimate of drug-likeness (QED) is 0.0664. The van der Waals surface area contributed by atoms with Crippen LogP contribution >= 0.6 is 0 Å². The Morgan fingerprint density at radius 3 is 0.986 bits per heavy atom. The molecule has 2 saturated heterocycles. The van der Waals surface area contributed by atoms with E-state index in [4.69, 9.17) is 0 Å². The third kappa shape index (κ3) is 31.4. The molecule has 1 aromatic rings. The van der Waals surface area contributed by atoms with Crippen molar-refractivity contribution < 1.29 is 33.0 Å². The number of nitrogens with zero attached hydrogens (tertiary/aromatic N) is 4. The standard InChI is InChI=1S/C23H35NO.C21H38N2O.C21H36N2O.C21H39NO2S.C21H39NO.C19H32N2O.CH4/c1-17(2)22(21(3,4)5)13-11-18(12-14-22)20(25)24-23(15-16-23)19-9-7-6-8-10-19;1-16(2)21(20(5,6)7)10-8-18(9-11-21)19(24)23-14-12-22(13-15-23)17(3)4;1-14(2)21(20(5,6)7)10-8-17(9-11-21)19(24)23-13-18-15(3)12-22-16(18)4;1-16(2)21(20(3,4)5)11-7-18(8-12-21)19(23)22-15-17-9-13-25(6,24)14-10-17;1-16(2)21(20(3,4)5)13-11-18(12-14-21)19(23)22-15-17-9-7-6-8-10-17;1-14(2)19(18(3,4)5)9-6-16(7-10-19)17(22)21-13-15-8-11-20-12-15;/h6-10,17-18H,11-16H2,1-5H3,(H,24,25);16,18H,3,8-15H2,1-2,4-7H3;14,17H,8-13H2,1-7H3,(H,23,24);16-18H,6-15H2,1-5H3,(H,22,23);16-18H,6-15H2,1-5H3,(H,22,23);8,12,14,16H,6-7,9-11,13H2,1-5H3,(H,21,22);1H4. The molecule has 4 aliphatic heterocycles. The van der Waals surface area contributed by atoms with Gasteiger partial charge in [-0.1, -0.05) is 277 Å². The fourth-order valence-corrected chi connectivity index (χ4v) is 32.1. The number of piperazine rings is 1. The topological polar surface area (TPSA) is 211 Å². The van der Waals surface area contributed by atoms with E-state index in [-0.39, 0.29) is 77.5 Å². The van der Waals surface area contributed by atoms with E-state index in [1.165, 1.54) is 87.3 Å². The molecule has 10 fully saturated rings. The molecular formula is C127H223N9O7S. The molecule has 5 N–H and O–H groups in total. The highest BCUT2D eigenvalue weighted by Gasteiger charge is 2.55. The van der Waals surface area contributed by atoms with E-state index in [1.54, 1.807) is 0 Å². The molecule has 16 nitrogen and oxygen atoms in total. The van der Waals surface area contributed by atoms with E-state index in [0.29, 0.717) is 126 Å². The molecule has 0 radical (unpaired) electrons. The number of carbonyl (C=O) groups is 6. The Bertz CT molecular complexity index is 4450. The molecule has 1 aromatic carbocycles. The largest absolute Gasteiger partial charge is 0.372 e.